The lowest BCUT2D eigenvalue weighted by molar-refractivity contribution is 1.05. The van der Waals surface area contributed by atoms with Crippen molar-refractivity contribution >= 4 is 17.5 Å². The van der Waals surface area contributed by atoms with E-state index in [0.29, 0.717) is 0 Å². The Morgan fingerprint density at radius 3 is 3.09 bits per heavy atom. The third-order valence-corrected chi connectivity index (χ3v) is 1.63. The summed E-state index contributed by atoms with van der Waals surface area (Å²) in [5.41, 5.74) is 14.4. The molecule has 0 radical (unpaired) electrons. The fourth-order valence-corrected chi connectivity index (χ4v) is 1.08. The minimum absolute atomic E-state index is 0.789. The van der Waals surface area contributed by atoms with Gasteiger partial charge in [0.1, 0.15) is 0 Å². The van der Waals surface area contributed by atoms with Crippen molar-refractivity contribution in [3.05, 3.63) is 30.0 Å². The predicted octanol–water partition coefficient (Wildman–Crippen LogP) is 1.17. The average Bonchev–Trinajstić information content (AvgIpc) is 2.04. The molecule has 1 aliphatic rings. The second-order valence-electron chi connectivity index (χ2n) is 2.45. The molecule has 56 valence electrons. The van der Waals surface area contributed by atoms with Crippen LogP contribution in [0, 0.1) is 0 Å². The number of rotatable bonds is 0. The van der Waals surface area contributed by atoms with Gasteiger partial charge in [-0.2, -0.15) is 0 Å². The lowest BCUT2D eigenvalue weighted by Crippen LogP contribution is -2.17. The van der Waals surface area contributed by atoms with Crippen LogP contribution >= 0.6 is 0 Å². The number of hydrogen-bond donors (Lipinski definition) is 3. The van der Waals surface area contributed by atoms with E-state index >= 15 is 0 Å². The number of fused-ring (bicyclic) bond motifs is 1. The molecule has 11 heavy (non-hydrogen) atoms. The van der Waals surface area contributed by atoms with Gasteiger partial charge in [-0.3, -0.25) is 0 Å². The van der Waals surface area contributed by atoms with Crippen LogP contribution in [0.2, 0.25) is 0 Å². The van der Waals surface area contributed by atoms with Gasteiger partial charge in [0.15, 0.2) is 0 Å². The number of hydrazine groups is 1. The van der Waals surface area contributed by atoms with Crippen LogP contribution in [-0.2, 0) is 0 Å². The first-order chi connectivity index (χ1) is 5.36. The van der Waals surface area contributed by atoms with Crippen LogP contribution in [0.4, 0.5) is 11.4 Å². The normalized spacial score (nSPS) is 13.1. The fraction of sp³-hybridized carbons (Fsp3) is 0. The van der Waals surface area contributed by atoms with Crippen LogP contribution in [-0.4, -0.2) is 0 Å². The zero-order valence-electron chi connectivity index (χ0n) is 5.96. The van der Waals surface area contributed by atoms with Gasteiger partial charge < -0.3 is 16.6 Å². The first-order valence-corrected chi connectivity index (χ1v) is 3.44. The molecule has 0 unspecified atom stereocenters. The Bertz CT molecular complexity index is 304. The summed E-state index contributed by atoms with van der Waals surface area (Å²) in [6, 6.07) is 5.74. The first kappa shape index (κ1) is 6.09. The molecule has 3 nitrogen and oxygen atoms in total. The van der Waals surface area contributed by atoms with E-state index in [9.17, 15) is 0 Å². The Hall–Kier alpha value is -1.64. The third kappa shape index (κ3) is 1.00. The van der Waals surface area contributed by atoms with Crippen molar-refractivity contribution in [2.45, 2.75) is 0 Å². The highest BCUT2D eigenvalue weighted by molar-refractivity contribution is 5.71. The topological polar surface area (TPSA) is 50.1 Å². The van der Waals surface area contributed by atoms with Gasteiger partial charge in [-0.05, 0) is 24.3 Å². The van der Waals surface area contributed by atoms with Crippen LogP contribution in [0.3, 0.4) is 0 Å². The van der Waals surface area contributed by atoms with Gasteiger partial charge in [-0.25, -0.2) is 0 Å². The number of anilines is 2. The van der Waals surface area contributed by atoms with E-state index in [1.165, 1.54) is 0 Å². The Balaban J connectivity index is 2.54. The summed E-state index contributed by atoms with van der Waals surface area (Å²) in [7, 11) is 0. The number of nitrogens with two attached hydrogens (primary N) is 1. The summed E-state index contributed by atoms with van der Waals surface area (Å²) in [6.45, 7) is 0. The highest BCUT2D eigenvalue weighted by atomic mass is 15.3. The summed E-state index contributed by atoms with van der Waals surface area (Å²) in [6.07, 6.45) is 3.81. The molecule has 0 saturated heterocycles. The molecule has 0 atom stereocenters. The van der Waals surface area contributed by atoms with Crippen LogP contribution in [0.5, 0.6) is 0 Å². The lowest BCUT2D eigenvalue weighted by atomic mass is 10.1. The number of nitrogens with one attached hydrogen (secondary N) is 2. The predicted molar refractivity (Wildman–Crippen MR) is 46.6 cm³/mol. The van der Waals surface area contributed by atoms with Gasteiger partial charge in [-0.1, -0.05) is 0 Å². The average molecular weight is 147 g/mol. The zero-order valence-corrected chi connectivity index (χ0v) is 5.96. The number of benzene rings is 1. The minimum Gasteiger partial charge on any atom is -0.399 e. The van der Waals surface area contributed by atoms with Crippen molar-refractivity contribution in [2.24, 2.45) is 0 Å². The molecule has 1 aliphatic heterocycles. The zero-order chi connectivity index (χ0) is 7.68. The van der Waals surface area contributed by atoms with E-state index in [1.807, 2.05) is 30.5 Å². The maximum absolute atomic E-state index is 5.60. The number of hydrogen-bond acceptors (Lipinski definition) is 3. The molecule has 0 amide bonds. The molecule has 0 aliphatic carbocycles. The fourth-order valence-electron chi connectivity index (χ4n) is 1.08. The second-order valence-corrected chi connectivity index (χ2v) is 2.45. The molecule has 3 heteroatoms. The van der Waals surface area contributed by atoms with Crippen molar-refractivity contribution in [3.63, 3.8) is 0 Å². The molecule has 4 N–H and O–H groups in total. The van der Waals surface area contributed by atoms with Crippen LogP contribution in [0.25, 0.3) is 6.08 Å². The number of nitrogen functional groups attached to an aromatic ring is 1. The molecule has 1 aromatic carbocycles. The SMILES string of the molecule is Nc1ccc2c(c1)C=CNN2. The van der Waals surface area contributed by atoms with Gasteiger partial charge in [0, 0.05) is 17.5 Å². The molecule has 0 fully saturated rings. The highest BCUT2D eigenvalue weighted by Crippen LogP contribution is 2.21. The summed E-state index contributed by atoms with van der Waals surface area (Å²) >= 11 is 0. The molecular weight excluding hydrogens is 138 g/mol. The van der Waals surface area contributed by atoms with Gasteiger partial charge >= 0.3 is 0 Å². The van der Waals surface area contributed by atoms with Crippen molar-refractivity contribution < 1.29 is 0 Å². The standard InChI is InChI=1S/C8H9N3/c9-7-1-2-8-6(5-7)3-4-10-11-8/h1-5,10-11H,9H2. The van der Waals surface area contributed by atoms with Crippen LogP contribution < -0.4 is 16.6 Å². The molecule has 1 aromatic rings. The smallest absolute Gasteiger partial charge is 0.0614 e. The lowest BCUT2D eigenvalue weighted by Gasteiger charge is -2.14. The molecular formula is C8H9N3. The van der Waals surface area contributed by atoms with Gasteiger partial charge in [0.05, 0.1) is 5.69 Å². The van der Waals surface area contributed by atoms with E-state index < -0.39 is 0 Å². The molecule has 0 saturated carbocycles. The molecule has 0 spiro atoms. The van der Waals surface area contributed by atoms with Gasteiger partial charge in [0.2, 0.25) is 0 Å². The third-order valence-electron chi connectivity index (χ3n) is 1.63. The molecule has 1 heterocycles. The van der Waals surface area contributed by atoms with Gasteiger partial charge in [-0.15, -0.1) is 0 Å². The Morgan fingerprint density at radius 2 is 2.18 bits per heavy atom. The Morgan fingerprint density at radius 1 is 1.27 bits per heavy atom. The van der Waals surface area contributed by atoms with Crippen LogP contribution in [0.15, 0.2) is 24.4 Å². The monoisotopic (exact) mass is 147 g/mol. The van der Waals surface area contributed by atoms with E-state index in [4.69, 9.17) is 5.73 Å². The molecule has 2 rings (SSSR count). The molecule has 0 bridgehead atoms. The maximum atomic E-state index is 5.60. The Kier molecular flexibility index (Phi) is 1.22. The summed E-state index contributed by atoms with van der Waals surface area (Å²) in [5.74, 6) is 0. The first-order valence-electron chi connectivity index (χ1n) is 3.44. The van der Waals surface area contributed by atoms with Crippen molar-refractivity contribution in [2.75, 3.05) is 11.2 Å². The van der Waals surface area contributed by atoms with Crippen molar-refractivity contribution in [1.29, 1.82) is 0 Å². The van der Waals surface area contributed by atoms with Crippen molar-refractivity contribution in [1.82, 2.24) is 5.43 Å². The largest absolute Gasteiger partial charge is 0.399 e. The minimum atomic E-state index is 0.789. The summed E-state index contributed by atoms with van der Waals surface area (Å²) in [5, 5.41) is 0. The van der Waals surface area contributed by atoms with Crippen LogP contribution in [0.1, 0.15) is 5.56 Å². The van der Waals surface area contributed by atoms with Gasteiger partial charge in [0.25, 0.3) is 0 Å². The quantitative estimate of drug-likeness (QED) is 0.483. The van der Waals surface area contributed by atoms with E-state index in [-0.39, 0.29) is 0 Å². The Labute approximate surface area is 64.9 Å². The molecule has 0 aromatic heterocycles. The highest BCUT2D eigenvalue weighted by Gasteiger charge is 2.01. The maximum Gasteiger partial charge on any atom is 0.0614 e. The second kappa shape index (κ2) is 2.20. The van der Waals surface area contributed by atoms with Crippen molar-refractivity contribution in [3.8, 4) is 0 Å². The summed E-state index contributed by atoms with van der Waals surface area (Å²) < 4.78 is 0. The van der Waals surface area contributed by atoms with E-state index in [0.717, 1.165) is 16.9 Å². The van der Waals surface area contributed by atoms with E-state index in [2.05, 4.69) is 10.9 Å². The van der Waals surface area contributed by atoms with E-state index in [1.54, 1.807) is 0 Å². The summed E-state index contributed by atoms with van der Waals surface area (Å²) in [4.78, 5) is 0.